The highest BCUT2D eigenvalue weighted by Crippen LogP contribution is 2.37. The maximum Gasteiger partial charge on any atom is 0.230 e. The molecule has 0 unspecified atom stereocenters. The molecule has 1 aliphatic heterocycles. The van der Waals surface area contributed by atoms with Crippen LogP contribution in [0, 0.1) is 5.92 Å². The zero-order valence-electron chi connectivity index (χ0n) is 15.2. The first-order valence-electron chi connectivity index (χ1n) is 8.63. The van der Waals surface area contributed by atoms with Gasteiger partial charge in [0.2, 0.25) is 17.7 Å². The number of carbonyl (C=O) groups excluding carboxylic acids is 2. The summed E-state index contributed by atoms with van der Waals surface area (Å²) in [5, 5.41) is 7.14. The number of likely N-dealkylation sites (tertiary alicyclic amines) is 1. The molecule has 0 saturated carbocycles. The molecule has 0 bridgehead atoms. The first-order valence-corrected chi connectivity index (χ1v) is 8.63. The second-order valence-electron chi connectivity index (χ2n) is 6.23. The van der Waals surface area contributed by atoms with Gasteiger partial charge in [0.15, 0.2) is 0 Å². The third-order valence-electron chi connectivity index (χ3n) is 4.76. The minimum absolute atomic E-state index is 0.0633. The van der Waals surface area contributed by atoms with E-state index in [0.717, 1.165) is 5.69 Å². The molecule has 138 valence electrons. The number of piperidine rings is 1. The average Bonchev–Trinajstić information content (AvgIpc) is 3.07. The normalized spacial score (nSPS) is 20.1. The van der Waals surface area contributed by atoms with Crippen LogP contribution in [0.3, 0.4) is 0 Å². The monoisotopic (exact) mass is 357 g/mol. The first kappa shape index (κ1) is 17.9. The van der Waals surface area contributed by atoms with Crippen LogP contribution in [0.4, 0.5) is 5.69 Å². The molecule has 26 heavy (non-hydrogen) atoms. The fourth-order valence-electron chi connectivity index (χ4n) is 3.47. The summed E-state index contributed by atoms with van der Waals surface area (Å²) < 4.78 is 6.82. The average molecular weight is 357 g/mol. The summed E-state index contributed by atoms with van der Waals surface area (Å²) in [5.74, 6) is 0.00550. The maximum atomic E-state index is 13.0. The fourth-order valence-corrected chi connectivity index (χ4v) is 3.47. The van der Waals surface area contributed by atoms with E-state index in [2.05, 4.69) is 15.4 Å². The number of nitrogens with one attached hydrogen (secondary N) is 1. The summed E-state index contributed by atoms with van der Waals surface area (Å²) in [6.07, 6.45) is 4.12. The minimum Gasteiger partial charge on any atom is -0.481 e. The Labute approximate surface area is 152 Å². The standard InChI is InChI=1S/C18H23N5O3/c1-4-23-16(24)6-5-13(17(23)14-8-10-20-22(14)2)18(25)21-12-7-9-19-15(11-12)26-3/h7-11,13,17H,4-6H2,1-3H3,(H,19,21,25)/t13-,17-/m0/s1. The van der Waals surface area contributed by atoms with E-state index in [9.17, 15) is 9.59 Å². The Morgan fingerprint density at radius 2 is 2.19 bits per heavy atom. The molecule has 1 N–H and O–H groups in total. The van der Waals surface area contributed by atoms with Crippen LogP contribution in [0.15, 0.2) is 30.6 Å². The number of nitrogens with zero attached hydrogens (tertiary/aromatic N) is 4. The number of hydrogen-bond acceptors (Lipinski definition) is 5. The van der Waals surface area contributed by atoms with Gasteiger partial charge in [-0.1, -0.05) is 0 Å². The van der Waals surface area contributed by atoms with Crippen molar-refractivity contribution in [3.8, 4) is 5.88 Å². The largest absolute Gasteiger partial charge is 0.481 e. The van der Waals surface area contributed by atoms with Crippen molar-refractivity contribution in [3.05, 3.63) is 36.3 Å². The molecule has 8 nitrogen and oxygen atoms in total. The van der Waals surface area contributed by atoms with Crippen LogP contribution in [0.25, 0.3) is 0 Å². The molecule has 1 fully saturated rings. The predicted octanol–water partition coefficient (Wildman–Crippen LogP) is 1.76. The predicted molar refractivity (Wildman–Crippen MR) is 95.5 cm³/mol. The van der Waals surface area contributed by atoms with Gasteiger partial charge in [0.1, 0.15) is 0 Å². The highest BCUT2D eigenvalue weighted by atomic mass is 16.5. The number of amides is 2. The van der Waals surface area contributed by atoms with Gasteiger partial charge in [0.05, 0.1) is 24.8 Å². The van der Waals surface area contributed by atoms with Crippen LogP contribution < -0.4 is 10.1 Å². The second-order valence-corrected chi connectivity index (χ2v) is 6.23. The second kappa shape index (κ2) is 7.55. The van der Waals surface area contributed by atoms with Crippen LogP contribution in [0.2, 0.25) is 0 Å². The fraction of sp³-hybridized carbons (Fsp3) is 0.444. The van der Waals surface area contributed by atoms with E-state index in [1.165, 1.54) is 7.11 Å². The molecular weight excluding hydrogens is 334 g/mol. The zero-order valence-corrected chi connectivity index (χ0v) is 15.2. The van der Waals surface area contributed by atoms with E-state index in [1.54, 1.807) is 34.1 Å². The van der Waals surface area contributed by atoms with Crippen molar-refractivity contribution in [1.29, 1.82) is 0 Å². The zero-order chi connectivity index (χ0) is 18.7. The molecule has 1 aliphatic rings. The maximum absolute atomic E-state index is 13.0. The van der Waals surface area contributed by atoms with Gasteiger partial charge in [-0.2, -0.15) is 5.10 Å². The Hall–Kier alpha value is -2.90. The molecule has 3 rings (SSSR count). The van der Waals surface area contributed by atoms with Gasteiger partial charge in [0, 0.05) is 44.2 Å². The van der Waals surface area contributed by atoms with Crippen LogP contribution in [-0.2, 0) is 16.6 Å². The number of rotatable bonds is 5. The van der Waals surface area contributed by atoms with E-state index in [4.69, 9.17) is 4.74 Å². The van der Waals surface area contributed by atoms with Gasteiger partial charge in [-0.25, -0.2) is 4.98 Å². The molecule has 2 aromatic rings. The van der Waals surface area contributed by atoms with E-state index >= 15 is 0 Å². The topological polar surface area (TPSA) is 89.3 Å². The summed E-state index contributed by atoms with van der Waals surface area (Å²) in [6, 6.07) is 4.91. The molecule has 0 spiro atoms. The summed E-state index contributed by atoms with van der Waals surface area (Å²) in [5.41, 5.74) is 1.47. The minimum atomic E-state index is -0.359. The Balaban J connectivity index is 1.88. The van der Waals surface area contributed by atoms with Crippen LogP contribution in [0.1, 0.15) is 31.5 Å². The lowest BCUT2D eigenvalue weighted by molar-refractivity contribution is -0.142. The SMILES string of the molecule is CCN1C(=O)CC[C@H](C(=O)Nc2ccnc(OC)c2)[C@H]1c1ccnn1C. The number of anilines is 1. The molecule has 8 heteroatoms. The van der Waals surface area contributed by atoms with Gasteiger partial charge in [-0.15, -0.1) is 0 Å². The van der Waals surface area contributed by atoms with Crippen molar-refractivity contribution in [2.24, 2.45) is 13.0 Å². The van der Waals surface area contributed by atoms with Gasteiger partial charge in [-0.3, -0.25) is 14.3 Å². The van der Waals surface area contributed by atoms with Crippen molar-refractivity contribution < 1.29 is 14.3 Å². The van der Waals surface area contributed by atoms with E-state index in [-0.39, 0.29) is 23.8 Å². The lowest BCUT2D eigenvalue weighted by atomic mass is 9.85. The van der Waals surface area contributed by atoms with E-state index in [1.807, 2.05) is 20.0 Å². The summed E-state index contributed by atoms with van der Waals surface area (Å²) in [4.78, 5) is 31.2. The van der Waals surface area contributed by atoms with Crippen molar-refractivity contribution >= 4 is 17.5 Å². The van der Waals surface area contributed by atoms with Crippen LogP contribution in [-0.4, -0.2) is 45.1 Å². The van der Waals surface area contributed by atoms with E-state index < -0.39 is 0 Å². The van der Waals surface area contributed by atoms with Crippen molar-refractivity contribution in [1.82, 2.24) is 19.7 Å². The third kappa shape index (κ3) is 3.40. The van der Waals surface area contributed by atoms with Gasteiger partial charge in [0.25, 0.3) is 0 Å². The summed E-state index contributed by atoms with van der Waals surface area (Å²) in [6.45, 7) is 2.47. The van der Waals surface area contributed by atoms with Gasteiger partial charge >= 0.3 is 0 Å². The van der Waals surface area contributed by atoms with Gasteiger partial charge < -0.3 is 15.0 Å². The smallest absolute Gasteiger partial charge is 0.230 e. The summed E-state index contributed by atoms with van der Waals surface area (Å²) in [7, 11) is 3.35. The molecule has 2 aromatic heterocycles. The first-order chi connectivity index (χ1) is 12.5. The number of ether oxygens (including phenoxy) is 1. The molecule has 0 aromatic carbocycles. The van der Waals surface area contributed by atoms with Crippen molar-refractivity contribution in [2.45, 2.75) is 25.8 Å². The van der Waals surface area contributed by atoms with Crippen LogP contribution in [0.5, 0.6) is 5.88 Å². The quantitative estimate of drug-likeness (QED) is 0.881. The Kier molecular flexibility index (Phi) is 5.20. The van der Waals surface area contributed by atoms with Gasteiger partial charge in [-0.05, 0) is 25.5 Å². The highest BCUT2D eigenvalue weighted by molar-refractivity contribution is 5.94. The number of methoxy groups -OCH3 is 1. The lowest BCUT2D eigenvalue weighted by Gasteiger charge is -2.39. The van der Waals surface area contributed by atoms with Crippen molar-refractivity contribution in [2.75, 3.05) is 19.0 Å². The number of carbonyl (C=O) groups is 2. The molecule has 3 heterocycles. The highest BCUT2D eigenvalue weighted by Gasteiger charge is 2.41. The molecule has 2 atom stereocenters. The molecular formula is C18H23N5O3. The summed E-state index contributed by atoms with van der Waals surface area (Å²) >= 11 is 0. The molecule has 2 amide bonds. The Morgan fingerprint density at radius 3 is 2.85 bits per heavy atom. The number of pyridine rings is 1. The molecule has 0 aliphatic carbocycles. The number of hydrogen-bond donors (Lipinski definition) is 1. The van der Waals surface area contributed by atoms with Crippen molar-refractivity contribution in [3.63, 3.8) is 0 Å². The lowest BCUT2D eigenvalue weighted by Crippen LogP contribution is -2.47. The molecule has 1 saturated heterocycles. The molecule has 0 radical (unpaired) electrons. The number of aryl methyl sites for hydroxylation is 1. The van der Waals surface area contributed by atoms with E-state index in [0.29, 0.717) is 31.0 Å². The number of aromatic nitrogens is 3. The van der Waals surface area contributed by atoms with Crippen LogP contribution >= 0.6 is 0 Å². The third-order valence-corrected chi connectivity index (χ3v) is 4.76. The Bertz CT molecular complexity index is 804. The Morgan fingerprint density at radius 1 is 1.38 bits per heavy atom.